The van der Waals surface area contributed by atoms with Crippen molar-refractivity contribution in [3.8, 4) is 0 Å². The minimum atomic E-state index is -4.62. The third-order valence-corrected chi connectivity index (χ3v) is 8.36. The van der Waals surface area contributed by atoms with E-state index < -0.39 is 30.1 Å². The number of likely N-dealkylation sites (tertiary alicyclic amines) is 2. The van der Waals surface area contributed by atoms with Gasteiger partial charge in [0.2, 0.25) is 0 Å². The quantitative estimate of drug-likeness (QED) is 0.520. The van der Waals surface area contributed by atoms with Gasteiger partial charge in [0, 0.05) is 68.9 Å². The molecule has 37 heavy (non-hydrogen) atoms. The number of anilines is 1. The molecular formula is C25H31F6N3O3. The Kier molecular flexibility index (Phi) is 6.79. The van der Waals surface area contributed by atoms with Crippen molar-refractivity contribution >= 4 is 11.8 Å². The van der Waals surface area contributed by atoms with Gasteiger partial charge in [-0.15, -0.1) is 0 Å². The topological polar surface area (TPSA) is 45.2 Å². The minimum Gasteiger partial charge on any atom is -0.437 e. The summed E-state index contributed by atoms with van der Waals surface area (Å²) in [7, 11) is 0. The first-order valence-corrected chi connectivity index (χ1v) is 12.6. The average Bonchev–Trinajstić information content (AvgIpc) is 3.39. The molecule has 5 rings (SSSR count). The Morgan fingerprint density at radius 3 is 2.27 bits per heavy atom. The van der Waals surface area contributed by atoms with Crippen LogP contribution in [-0.2, 0) is 22.2 Å². The van der Waals surface area contributed by atoms with Crippen LogP contribution in [0.2, 0.25) is 0 Å². The first kappa shape index (κ1) is 26.4. The molecule has 0 radical (unpaired) electrons. The normalized spacial score (nSPS) is 26.8. The number of alkyl halides is 6. The first-order valence-electron chi connectivity index (χ1n) is 12.6. The fourth-order valence-electron chi connectivity index (χ4n) is 6.20. The van der Waals surface area contributed by atoms with Crippen LogP contribution < -0.4 is 4.90 Å². The summed E-state index contributed by atoms with van der Waals surface area (Å²) >= 11 is 0. The number of nitrogens with zero attached hydrogens (tertiary/aromatic N) is 3. The van der Waals surface area contributed by atoms with Crippen LogP contribution in [0.5, 0.6) is 0 Å². The number of benzene rings is 1. The molecule has 0 aliphatic carbocycles. The second-order valence-corrected chi connectivity index (χ2v) is 11.0. The van der Waals surface area contributed by atoms with Crippen LogP contribution in [0.25, 0.3) is 0 Å². The van der Waals surface area contributed by atoms with Crippen LogP contribution in [0.15, 0.2) is 18.2 Å². The lowest BCUT2D eigenvalue weighted by molar-refractivity contribution is -0.200. The second kappa shape index (κ2) is 9.52. The number of fused-ring (bicyclic) bond motifs is 1. The van der Waals surface area contributed by atoms with Crippen molar-refractivity contribution in [1.82, 2.24) is 9.80 Å². The third kappa shape index (κ3) is 5.36. The maximum atomic E-state index is 14.0. The molecule has 4 saturated heterocycles. The molecule has 1 spiro atoms. The average molecular weight is 536 g/mol. The molecule has 0 N–H and O–H groups in total. The number of piperidine rings is 1. The summed E-state index contributed by atoms with van der Waals surface area (Å²) in [5.74, 6) is 0.677. The molecule has 4 aliphatic rings. The molecule has 4 fully saturated rings. The van der Waals surface area contributed by atoms with Crippen molar-refractivity contribution in [1.29, 1.82) is 0 Å². The Labute approximate surface area is 211 Å². The van der Waals surface area contributed by atoms with Gasteiger partial charge in [0.25, 0.3) is 0 Å². The first-order chi connectivity index (χ1) is 17.3. The zero-order valence-electron chi connectivity index (χ0n) is 20.6. The molecular weight excluding hydrogens is 504 g/mol. The largest absolute Gasteiger partial charge is 0.437 e. The highest BCUT2D eigenvalue weighted by atomic mass is 19.4. The Bertz CT molecular complexity index is 988. The van der Waals surface area contributed by atoms with Crippen molar-refractivity contribution in [2.45, 2.75) is 44.8 Å². The fourth-order valence-corrected chi connectivity index (χ4v) is 6.20. The van der Waals surface area contributed by atoms with Crippen molar-refractivity contribution in [3.05, 3.63) is 29.3 Å². The van der Waals surface area contributed by atoms with E-state index in [2.05, 4.69) is 9.64 Å². The van der Waals surface area contributed by atoms with E-state index in [0.29, 0.717) is 69.8 Å². The number of carbonyl (C=O) groups excluding carboxylic acids is 1. The van der Waals surface area contributed by atoms with Crippen molar-refractivity contribution in [3.63, 3.8) is 0 Å². The van der Waals surface area contributed by atoms with Crippen LogP contribution in [0.1, 0.15) is 30.9 Å². The molecule has 206 valence electrons. The van der Waals surface area contributed by atoms with Gasteiger partial charge >= 0.3 is 18.4 Å². The molecule has 12 heteroatoms. The molecule has 1 amide bonds. The zero-order chi connectivity index (χ0) is 26.6. The zero-order valence-corrected chi connectivity index (χ0v) is 20.6. The highest BCUT2D eigenvalue weighted by Gasteiger charge is 2.48. The molecule has 0 aromatic heterocycles. The van der Waals surface area contributed by atoms with E-state index in [4.69, 9.17) is 4.74 Å². The summed E-state index contributed by atoms with van der Waals surface area (Å²) in [6, 6.07) is 4.38. The van der Waals surface area contributed by atoms with E-state index in [-0.39, 0.29) is 30.6 Å². The Morgan fingerprint density at radius 2 is 1.70 bits per heavy atom. The number of carbonyl (C=O) groups is 1. The number of rotatable bonds is 4. The SMILES string of the molecule is CC(OC(=O)N1CCC2(CC1)CN(Cc1c(N3CC4COCC4C3)cccc1C(F)(F)F)C2)C(F)(F)F. The van der Waals surface area contributed by atoms with Crippen LogP contribution in [0, 0.1) is 17.3 Å². The van der Waals surface area contributed by atoms with Gasteiger partial charge in [-0.1, -0.05) is 6.07 Å². The van der Waals surface area contributed by atoms with Gasteiger partial charge in [-0.2, -0.15) is 26.3 Å². The predicted octanol–water partition coefficient (Wildman–Crippen LogP) is 4.77. The van der Waals surface area contributed by atoms with E-state index >= 15 is 0 Å². The van der Waals surface area contributed by atoms with Crippen molar-refractivity contribution in [2.24, 2.45) is 17.3 Å². The maximum absolute atomic E-state index is 14.0. The lowest BCUT2D eigenvalue weighted by Crippen LogP contribution is -2.60. The Morgan fingerprint density at radius 1 is 1.08 bits per heavy atom. The Hall–Kier alpha value is -2.21. The highest BCUT2D eigenvalue weighted by Crippen LogP contribution is 2.45. The summed E-state index contributed by atoms with van der Waals surface area (Å²) in [5.41, 5.74) is 0.145. The van der Waals surface area contributed by atoms with Gasteiger partial charge in [0.1, 0.15) is 0 Å². The van der Waals surface area contributed by atoms with Gasteiger partial charge in [-0.3, -0.25) is 4.90 Å². The maximum Gasteiger partial charge on any atom is 0.425 e. The Balaban J connectivity index is 1.22. The van der Waals surface area contributed by atoms with E-state index in [1.165, 1.54) is 11.0 Å². The predicted molar refractivity (Wildman–Crippen MR) is 122 cm³/mol. The number of halogens is 6. The van der Waals surface area contributed by atoms with Gasteiger partial charge < -0.3 is 19.3 Å². The lowest BCUT2D eigenvalue weighted by atomic mass is 9.72. The minimum absolute atomic E-state index is 0.151. The highest BCUT2D eigenvalue weighted by molar-refractivity contribution is 5.68. The summed E-state index contributed by atoms with van der Waals surface area (Å²) in [4.78, 5) is 17.5. The van der Waals surface area contributed by atoms with Crippen molar-refractivity contribution < 1.29 is 40.6 Å². The second-order valence-electron chi connectivity index (χ2n) is 11.0. The number of hydrogen-bond donors (Lipinski definition) is 0. The van der Waals surface area contributed by atoms with Gasteiger partial charge in [-0.05, 0) is 37.3 Å². The summed E-state index contributed by atoms with van der Waals surface area (Å²) in [6.45, 7) is 5.31. The molecule has 1 aromatic carbocycles. The van der Waals surface area contributed by atoms with Crippen molar-refractivity contribution in [2.75, 3.05) is 57.4 Å². The number of ether oxygens (including phenoxy) is 2. The number of hydrogen-bond acceptors (Lipinski definition) is 5. The smallest absolute Gasteiger partial charge is 0.425 e. The molecule has 4 heterocycles. The van der Waals surface area contributed by atoms with Crippen LogP contribution in [0.4, 0.5) is 36.8 Å². The molecule has 6 nitrogen and oxygen atoms in total. The summed E-state index contributed by atoms with van der Waals surface area (Å²) < 4.78 is 90.1. The summed E-state index contributed by atoms with van der Waals surface area (Å²) in [5, 5.41) is 0. The standard InChI is InChI=1S/C25H31F6N3O3/c1-16(24(26,27)28)37-22(35)33-7-5-23(6-8-33)14-32(15-23)11-19-20(25(29,30)31)3-2-4-21(19)34-9-17-12-36-13-18(17)10-34/h2-4,16-18H,5-15H2,1H3. The molecule has 3 atom stereocenters. The monoisotopic (exact) mass is 535 g/mol. The molecule has 3 unspecified atom stereocenters. The molecule has 4 aliphatic heterocycles. The summed E-state index contributed by atoms with van der Waals surface area (Å²) in [6.07, 6.45) is -11.1. The van der Waals surface area contributed by atoms with E-state index in [9.17, 15) is 31.1 Å². The molecule has 1 aromatic rings. The third-order valence-electron chi connectivity index (χ3n) is 8.36. The van der Waals surface area contributed by atoms with E-state index in [0.717, 1.165) is 13.0 Å². The molecule has 0 bridgehead atoms. The van der Waals surface area contributed by atoms with E-state index in [1.54, 1.807) is 6.07 Å². The van der Waals surface area contributed by atoms with Crippen LogP contribution in [0.3, 0.4) is 0 Å². The number of amides is 1. The lowest BCUT2D eigenvalue weighted by Gasteiger charge is -2.54. The van der Waals surface area contributed by atoms with Gasteiger partial charge in [0.05, 0.1) is 18.8 Å². The van der Waals surface area contributed by atoms with Crippen LogP contribution in [-0.4, -0.2) is 80.7 Å². The van der Waals surface area contributed by atoms with Gasteiger partial charge in [-0.25, -0.2) is 4.79 Å². The van der Waals surface area contributed by atoms with Crippen LogP contribution >= 0.6 is 0 Å². The van der Waals surface area contributed by atoms with E-state index in [1.807, 2.05) is 4.90 Å². The molecule has 0 saturated carbocycles. The fraction of sp³-hybridized carbons (Fsp3) is 0.720. The van der Waals surface area contributed by atoms with Gasteiger partial charge in [0.15, 0.2) is 6.10 Å².